The number of carboxylic acid groups (broad SMARTS) is 1. The van der Waals surface area contributed by atoms with Crippen molar-refractivity contribution in [2.45, 2.75) is 44.3 Å². The fourth-order valence-corrected chi connectivity index (χ4v) is 2.75. The van der Waals surface area contributed by atoms with Crippen molar-refractivity contribution in [3.05, 3.63) is 35.9 Å². The third-order valence-electron chi connectivity index (χ3n) is 4.43. The molecule has 12 heteroatoms. The van der Waals surface area contributed by atoms with Crippen molar-refractivity contribution < 1.29 is 24.3 Å². The molecule has 0 aliphatic heterocycles. The topological polar surface area (TPSA) is 215 Å². The average molecular weight is 450 g/mol. The lowest BCUT2D eigenvalue weighted by atomic mass is 10.0. The molecule has 0 aromatic heterocycles. The predicted octanol–water partition coefficient (Wildman–Crippen LogP) is -2.20. The Morgan fingerprint density at radius 2 is 1.66 bits per heavy atom. The Morgan fingerprint density at radius 1 is 1.00 bits per heavy atom. The summed E-state index contributed by atoms with van der Waals surface area (Å²) in [4.78, 5) is 52.1. The van der Waals surface area contributed by atoms with Crippen molar-refractivity contribution in [1.29, 1.82) is 0 Å². The summed E-state index contributed by atoms with van der Waals surface area (Å²) in [6.45, 7) is 1.33. The van der Waals surface area contributed by atoms with Crippen LogP contribution in [0.1, 0.15) is 25.3 Å². The summed E-state index contributed by atoms with van der Waals surface area (Å²) < 4.78 is 0. The van der Waals surface area contributed by atoms with Gasteiger partial charge in [0, 0.05) is 13.0 Å². The van der Waals surface area contributed by atoms with Gasteiger partial charge >= 0.3 is 5.97 Å². The van der Waals surface area contributed by atoms with E-state index >= 15 is 0 Å². The van der Waals surface area contributed by atoms with Gasteiger partial charge in [-0.15, -0.1) is 0 Å². The molecule has 1 aromatic carbocycles. The number of benzene rings is 1. The molecule has 32 heavy (non-hydrogen) atoms. The first-order valence-corrected chi connectivity index (χ1v) is 10.1. The summed E-state index contributed by atoms with van der Waals surface area (Å²) in [5, 5.41) is 16.7. The lowest BCUT2D eigenvalue weighted by Gasteiger charge is -2.22. The van der Waals surface area contributed by atoms with Crippen LogP contribution in [0.3, 0.4) is 0 Å². The second-order valence-corrected chi connectivity index (χ2v) is 7.09. The molecule has 0 aliphatic rings. The minimum atomic E-state index is -1.22. The van der Waals surface area contributed by atoms with E-state index < -0.39 is 41.8 Å². The van der Waals surface area contributed by atoms with Crippen molar-refractivity contribution in [1.82, 2.24) is 16.0 Å². The lowest BCUT2D eigenvalue weighted by molar-refractivity contribution is -0.142. The molecule has 12 nitrogen and oxygen atoms in total. The summed E-state index contributed by atoms with van der Waals surface area (Å²) in [6.07, 6.45) is 0.622. The van der Waals surface area contributed by atoms with Gasteiger partial charge in [-0.1, -0.05) is 30.3 Å². The van der Waals surface area contributed by atoms with Crippen molar-refractivity contribution in [3.63, 3.8) is 0 Å². The maximum absolute atomic E-state index is 12.7. The number of nitrogens with two attached hydrogens (primary N) is 3. The zero-order valence-corrected chi connectivity index (χ0v) is 17.9. The molecule has 1 aromatic rings. The number of aliphatic imine (C=N–C) groups is 1. The summed E-state index contributed by atoms with van der Waals surface area (Å²) >= 11 is 0. The molecule has 0 spiro atoms. The Hall–Kier alpha value is -3.67. The number of rotatable bonds is 13. The third-order valence-corrected chi connectivity index (χ3v) is 4.43. The Labute approximate surface area is 186 Å². The van der Waals surface area contributed by atoms with Crippen LogP contribution in [0.25, 0.3) is 0 Å². The van der Waals surface area contributed by atoms with E-state index in [-0.39, 0.29) is 31.9 Å². The van der Waals surface area contributed by atoms with Gasteiger partial charge in [0.15, 0.2) is 5.96 Å². The number of guanidine groups is 1. The Kier molecular flexibility index (Phi) is 11.2. The van der Waals surface area contributed by atoms with E-state index in [4.69, 9.17) is 17.2 Å². The highest BCUT2D eigenvalue weighted by Crippen LogP contribution is 2.05. The number of amides is 3. The van der Waals surface area contributed by atoms with E-state index in [0.717, 1.165) is 5.56 Å². The van der Waals surface area contributed by atoms with Crippen LogP contribution in [0.5, 0.6) is 0 Å². The highest BCUT2D eigenvalue weighted by molar-refractivity contribution is 5.93. The normalized spacial score (nSPS) is 13.2. The maximum atomic E-state index is 12.7. The van der Waals surface area contributed by atoms with E-state index in [1.165, 1.54) is 6.92 Å². The van der Waals surface area contributed by atoms with Crippen LogP contribution in [0.4, 0.5) is 0 Å². The third kappa shape index (κ3) is 9.89. The van der Waals surface area contributed by atoms with E-state index in [1.807, 2.05) is 6.07 Å². The molecule has 3 amide bonds. The van der Waals surface area contributed by atoms with Crippen LogP contribution in [0, 0.1) is 0 Å². The van der Waals surface area contributed by atoms with Crippen LogP contribution in [0.2, 0.25) is 0 Å². The van der Waals surface area contributed by atoms with E-state index in [1.54, 1.807) is 24.3 Å². The van der Waals surface area contributed by atoms with E-state index in [2.05, 4.69) is 20.9 Å². The fraction of sp³-hybridized carbons (Fsp3) is 0.450. The number of carboxylic acids is 1. The standard InChI is InChI=1S/C20H31N7O5/c1-12(17(29)27-14(19(31)32)8-5-9-24-20(22)23)25-18(30)15(26-16(28)11-21)10-13-6-3-2-4-7-13/h2-4,6-7,12,14-15H,5,8-11,21H2,1H3,(H,25,30)(H,26,28)(H,27,29)(H,31,32)(H4,22,23,24). The molecular formula is C20H31N7O5. The van der Waals surface area contributed by atoms with Crippen molar-refractivity contribution in [2.75, 3.05) is 13.1 Å². The molecule has 0 heterocycles. The van der Waals surface area contributed by atoms with Crippen LogP contribution in [-0.2, 0) is 25.6 Å². The number of carbonyl (C=O) groups is 4. The SMILES string of the molecule is CC(NC(=O)C(Cc1ccccc1)NC(=O)CN)C(=O)NC(CCCN=C(N)N)C(=O)O. The van der Waals surface area contributed by atoms with Gasteiger partial charge < -0.3 is 38.3 Å². The van der Waals surface area contributed by atoms with Gasteiger partial charge in [0.05, 0.1) is 6.54 Å². The van der Waals surface area contributed by atoms with Crippen molar-refractivity contribution in [3.8, 4) is 0 Å². The Bertz CT molecular complexity index is 812. The lowest BCUT2D eigenvalue weighted by Crippen LogP contribution is -2.55. The van der Waals surface area contributed by atoms with E-state index in [0.29, 0.717) is 6.42 Å². The zero-order chi connectivity index (χ0) is 24.1. The van der Waals surface area contributed by atoms with Gasteiger partial charge in [-0.25, -0.2) is 4.79 Å². The quantitative estimate of drug-likeness (QED) is 0.0993. The average Bonchev–Trinajstić information content (AvgIpc) is 2.75. The van der Waals surface area contributed by atoms with Crippen LogP contribution >= 0.6 is 0 Å². The summed E-state index contributed by atoms with van der Waals surface area (Å²) in [5.41, 5.74) is 16.6. The number of aliphatic carboxylic acids is 1. The van der Waals surface area contributed by atoms with Gasteiger partial charge in [-0.05, 0) is 25.3 Å². The van der Waals surface area contributed by atoms with Gasteiger partial charge in [0.25, 0.3) is 0 Å². The first-order valence-electron chi connectivity index (χ1n) is 10.1. The van der Waals surface area contributed by atoms with Gasteiger partial charge in [-0.3, -0.25) is 19.4 Å². The Balaban J connectivity index is 2.73. The summed E-state index contributed by atoms with van der Waals surface area (Å²) in [6, 6.07) is 5.83. The molecule has 0 radical (unpaired) electrons. The molecule has 0 saturated carbocycles. The van der Waals surface area contributed by atoms with E-state index in [9.17, 15) is 24.3 Å². The first-order chi connectivity index (χ1) is 15.1. The highest BCUT2D eigenvalue weighted by atomic mass is 16.4. The predicted molar refractivity (Wildman–Crippen MR) is 118 cm³/mol. The first kappa shape index (κ1) is 26.4. The molecule has 0 aliphatic carbocycles. The number of carbonyl (C=O) groups excluding carboxylic acids is 3. The fourth-order valence-electron chi connectivity index (χ4n) is 2.75. The molecule has 0 bridgehead atoms. The molecule has 1 rings (SSSR count). The summed E-state index contributed by atoms with van der Waals surface area (Å²) in [5.74, 6) is -3.14. The second-order valence-electron chi connectivity index (χ2n) is 7.09. The van der Waals surface area contributed by atoms with Gasteiger partial charge in [0.2, 0.25) is 17.7 Å². The number of hydrogen-bond donors (Lipinski definition) is 7. The minimum absolute atomic E-state index is 0.0989. The zero-order valence-electron chi connectivity index (χ0n) is 17.9. The van der Waals surface area contributed by atoms with Gasteiger partial charge in [-0.2, -0.15) is 0 Å². The molecule has 10 N–H and O–H groups in total. The number of hydrogen-bond acceptors (Lipinski definition) is 6. The molecular weight excluding hydrogens is 418 g/mol. The second kappa shape index (κ2) is 13.6. The van der Waals surface area contributed by atoms with Crippen LogP contribution < -0.4 is 33.2 Å². The van der Waals surface area contributed by atoms with Crippen LogP contribution in [0.15, 0.2) is 35.3 Å². The molecule has 3 unspecified atom stereocenters. The smallest absolute Gasteiger partial charge is 0.326 e. The molecule has 0 fully saturated rings. The highest BCUT2D eigenvalue weighted by Gasteiger charge is 2.27. The number of nitrogens with zero attached hydrogens (tertiary/aromatic N) is 1. The minimum Gasteiger partial charge on any atom is -0.480 e. The molecule has 176 valence electrons. The molecule has 0 saturated heterocycles. The van der Waals surface area contributed by atoms with Crippen molar-refractivity contribution >= 4 is 29.7 Å². The molecule has 3 atom stereocenters. The Morgan fingerprint density at radius 3 is 2.22 bits per heavy atom. The largest absolute Gasteiger partial charge is 0.480 e. The monoisotopic (exact) mass is 449 g/mol. The van der Waals surface area contributed by atoms with Gasteiger partial charge in [0.1, 0.15) is 18.1 Å². The van der Waals surface area contributed by atoms with Crippen molar-refractivity contribution in [2.24, 2.45) is 22.2 Å². The number of nitrogens with one attached hydrogen (secondary N) is 3. The summed E-state index contributed by atoms with van der Waals surface area (Å²) in [7, 11) is 0. The van der Waals surface area contributed by atoms with Crippen LogP contribution in [-0.4, -0.2) is 66.0 Å². The maximum Gasteiger partial charge on any atom is 0.326 e.